The average molecular weight is 300 g/mol. The number of imidazole rings is 1. The minimum absolute atomic E-state index is 0.0813. The van der Waals surface area contributed by atoms with Gasteiger partial charge in [0, 0.05) is 7.05 Å². The maximum absolute atomic E-state index is 12.2. The van der Waals surface area contributed by atoms with Gasteiger partial charge in [0.2, 0.25) is 5.03 Å². The van der Waals surface area contributed by atoms with Crippen LogP contribution in [0, 0.1) is 13.8 Å². The lowest BCUT2D eigenvalue weighted by Gasteiger charge is -2.10. The van der Waals surface area contributed by atoms with Gasteiger partial charge in [0.05, 0.1) is 12.0 Å². The van der Waals surface area contributed by atoms with E-state index in [9.17, 15) is 8.42 Å². The fraction of sp³-hybridized carbons (Fsp3) is 0.250. The lowest BCUT2D eigenvalue weighted by Crippen LogP contribution is -2.15. The van der Waals surface area contributed by atoms with Crippen molar-refractivity contribution in [3.05, 3.63) is 40.8 Å². The summed E-state index contributed by atoms with van der Waals surface area (Å²) in [4.78, 5) is 3.82. The van der Waals surface area contributed by atoms with Gasteiger partial charge in [-0.15, -0.1) is 0 Å². The fourth-order valence-corrected chi connectivity index (χ4v) is 3.17. The van der Waals surface area contributed by atoms with Crippen molar-refractivity contribution in [2.75, 3.05) is 4.72 Å². The van der Waals surface area contributed by atoms with E-state index < -0.39 is 10.0 Å². The number of rotatable bonds is 3. The van der Waals surface area contributed by atoms with Crippen molar-refractivity contribution in [2.45, 2.75) is 18.9 Å². The highest BCUT2D eigenvalue weighted by Gasteiger charge is 2.22. The minimum Gasteiger partial charge on any atom is -0.324 e. The molecule has 0 saturated carbocycles. The highest BCUT2D eigenvalue weighted by molar-refractivity contribution is 7.92. The van der Waals surface area contributed by atoms with E-state index in [1.807, 2.05) is 26.0 Å². The summed E-state index contributed by atoms with van der Waals surface area (Å²) in [5.41, 5.74) is 2.33. The molecule has 2 aromatic rings. The molecule has 1 heterocycles. The Balaban J connectivity index is 2.42. The number of nitrogens with one attached hydrogen (secondary N) is 1. The van der Waals surface area contributed by atoms with Gasteiger partial charge in [0.1, 0.15) is 5.15 Å². The SMILES string of the molecule is Cc1ccc(C)c(NS(=O)(=O)c2ncn(C)c2Cl)c1. The molecule has 0 unspecified atom stereocenters. The van der Waals surface area contributed by atoms with Crippen LogP contribution in [0.1, 0.15) is 11.1 Å². The largest absolute Gasteiger partial charge is 0.324 e. The molecule has 5 nitrogen and oxygen atoms in total. The normalized spacial score (nSPS) is 11.6. The van der Waals surface area contributed by atoms with E-state index in [2.05, 4.69) is 9.71 Å². The first-order valence-corrected chi connectivity index (χ1v) is 7.44. The summed E-state index contributed by atoms with van der Waals surface area (Å²) < 4.78 is 28.4. The molecule has 0 radical (unpaired) electrons. The third-order valence-corrected chi connectivity index (χ3v) is 4.58. The topological polar surface area (TPSA) is 64.0 Å². The van der Waals surface area contributed by atoms with Gasteiger partial charge < -0.3 is 4.57 Å². The first-order valence-electron chi connectivity index (χ1n) is 5.58. The standard InChI is InChI=1S/C12H14ClN3O2S/c1-8-4-5-9(2)10(6-8)15-19(17,18)12-11(13)16(3)7-14-12/h4-7,15H,1-3H3. The van der Waals surface area contributed by atoms with E-state index in [0.717, 1.165) is 11.1 Å². The number of halogens is 1. The van der Waals surface area contributed by atoms with E-state index in [0.29, 0.717) is 5.69 Å². The summed E-state index contributed by atoms with van der Waals surface area (Å²) in [5, 5.41) is -0.0876. The molecule has 0 amide bonds. The summed E-state index contributed by atoms with van der Waals surface area (Å²) in [6, 6.07) is 5.54. The molecule has 0 aliphatic rings. The molecule has 0 bridgehead atoms. The number of nitrogens with zero attached hydrogens (tertiary/aromatic N) is 2. The van der Waals surface area contributed by atoms with Crippen molar-refractivity contribution >= 4 is 27.3 Å². The van der Waals surface area contributed by atoms with Crippen molar-refractivity contribution in [3.8, 4) is 0 Å². The van der Waals surface area contributed by atoms with E-state index in [1.165, 1.54) is 10.9 Å². The fourth-order valence-electron chi connectivity index (χ4n) is 1.61. The van der Waals surface area contributed by atoms with Crippen LogP contribution in [0.2, 0.25) is 5.15 Å². The maximum Gasteiger partial charge on any atom is 0.282 e. The molecule has 0 atom stereocenters. The van der Waals surface area contributed by atoms with Gasteiger partial charge in [-0.2, -0.15) is 8.42 Å². The predicted octanol–water partition coefficient (Wildman–Crippen LogP) is 2.49. The van der Waals surface area contributed by atoms with Crippen LogP contribution in [0.25, 0.3) is 0 Å². The zero-order valence-corrected chi connectivity index (χ0v) is 12.4. The van der Waals surface area contributed by atoms with Gasteiger partial charge in [-0.05, 0) is 31.0 Å². The molecule has 1 aromatic carbocycles. The third-order valence-electron chi connectivity index (χ3n) is 2.73. The number of anilines is 1. The number of hydrogen-bond donors (Lipinski definition) is 1. The van der Waals surface area contributed by atoms with Crippen molar-refractivity contribution in [1.29, 1.82) is 0 Å². The van der Waals surface area contributed by atoms with Crippen molar-refractivity contribution in [1.82, 2.24) is 9.55 Å². The molecule has 102 valence electrons. The van der Waals surface area contributed by atoms with Gasteiger partial charge in [-0.25, -0.2) is 4.98 Å². The van der Waals surface area contributed by atoms with E-state index in [1.54, 1.807) is 13.1 Å². The Morgan fingerprint density at radius 1 is 1.32 bits per heavy atom. The number of aromatic nitrogens is 2. The average Bonchev–Trinajstić information content (AvgIpc) is 2.65. The molecule has 0 fully saturated rings. The van der Waals surface area contributed by atoms with Crippen LogP contribution in [-0.4, -0.2) is 18.0 Å². The Kier molecular flexibility index (Phi) is 3.56. The Labute approximate surface area is 117 Å². The summed E-state index contributed by atoms with van der Waals surface area (Å²) in [6.45, 7) is 3.72. The first-order chi connectivity index (χ1) is 8.81. The zero-order valence-electron chi connectivity index (χ0n) is 10.8. The monoisotopic (exact) mass is 299 g/mol. The van der Waals surface area contributed by atoms with E-state index >= 15 is 0 Å². The third kappa shape index (κ3) is 2.74. The van der Waals surface area contributed by atoms with Crippen molar-refractivity contribution < 1.29 is 8.42 Å². The molecule has 2 rings (SSSR count). The maximum atomic E-state index is 12.2. The van der Waals surface area contributed by atoms with Crippen LogP contribution in [-0.2, 0) is 17.1 Å². The zero-order chi connectivity index (χ0) is 14.2. The van der Waals surface area contributed by atoms with Gasteiger partial charge >= 0.3 is 0 Å². The smallest absolute Gasteiger partial charge is 0.282 e. The number of hydrogen-bond acceptors (Lipinski definition) is 3. The Bertz CT molecular complexity index is 723. The lowest BCUT2D eigenvalue weighted by molar-refractivity contribution is 0.598. The molecule has 0 spiro atoms. The van der Waals surface area contributed by atoms with Gasteiger partial charge in [-0.3, -0.25) is 4.72 Å². The molecule has 0 aliphatic heterocycles. The number of sulfonamides is 1. The minimum atomic E-state index is -3.78. The molecular weight excluding hydrogens is 286 g/mol. The second-order valence-electron chi connectivity index (χ2n) is 4.38. The predicted molar refractivity (Wildman–Crippen MR) is 74.9 cm³/mol. The highest BCUT2D eigenvalue weighted by atomic mass is 35.5. The Hall–Kier alpha value is -1.53. The highest BCUT2D eigenvalue weighted by Crippen LogP contribution is 2.24. The Morgan fingerprint density at radius 2 is 2.00 bits per heavy atom. The van der Waals surface area contributed by atoms with Crippen molar-refractivity contribution in [2.24, 2.45) is 7.05 Å². The van der Waals surface area contributed by atoms with Gasteiger partial charge in [0.25, 0.3) is 10.0 Å². The quantitative estimate of drug-likeness (QED) is 0.947. The summed E-state index contributed by atoms with van der Waals surface area (Å²) in [7, 11) is -2.15. The second kappa shape index (κ2) is 4.86. The molecule has 1 aromatic heterocycles. The van der Waals surface area contributed by atoms with Crippen LogP contribution in [0.5, 0.6) is 0 Å². The second-order valence-corrected chi connectivity index (χ2v) is 6.33. The van der Waals surface area contributed by atoms with E-state index in [-0.39, 0.29) is 10.2 Å². The Morgan fingerprint density at radius 3 is 2.58 bits per heavy atom. The van der Waals surface area contributed by atoms with Crippen LogP contribution in [0.4, 0.5) is 5.69 Å². The summed E-state index contributed by atoms with van der Waals surface area (Å²) >= 11 is 5.91. The first kappa shape index (κ1) is 13.9. The molecule has 0 aliphatic carbocycles. The molecule has 7 heteroatoms. The van der Waals surface area contributed by atoms with Gasteiger partial charge in [-0.1, -0.05) is 23.7 Å². The van der Waals surface area contributed by atoms with Crippen LogP contribution < -0.4 is 4.72 Å². The van der Waals surface area contributed by atoms with Crippen LogP contribution >= 0.6 is 11.6 Å². The number of aryl methyl sites for hydroxylation is 3. The molecular formula is C12H14ClN3O2S. The lowest BCUT2D eigenvalue weighted by atomic mass is 10.1. The number of benzene rings is 1. The molecule has 1 N–H and O–H groups in total. The van der Waals surface area contributed by atoms with Gasteiger partial charge in [0.15, 0.2) is 0 Å². The summed E-state index contributed by atoms with van der Waals surface area (Å²) in [6.07, 6.45) is 1.36. The summed E-state index contributed by atoms with van der Waals surface area (Å²) in [5.74, 6) is 0. The van der Waals surface area contributed by atoms with Crippen LogP contribution in [0.3, 0.4) is 0 Å². The van der Waals surface area contributed by atoms with Crippen molar-refractivity contribution in [3.63, 3.8) is 0 Å². The molecule has 19 heavy (non-hydrogen) atoms. The van der Waals surface area contributed by atoms with Crippen LogP contribution in [0.15, 0.2) is 29.6 Å². The van der Waals surface area contributed by atoms with E-state index in [4.69, 9.17) is 11.6 Å². The molecule has 0 saturated heterocycles.